The van der Waals surface area contributed by atoms with Gasteiger partial charge in [0.05, 0.1) is 0 Å². The van der Waals surface area contributed by atoms with Crippen molar-refractivity contribution >= 4 is 55.7 Å². The van der Waals surface area contributed by atoms with E-state index in [-0.39, 0.29) is 14.5 Å². The second kappa shape index (κ2) is 10.2. The second-order valence-electron chi connectivity index (χ2n) is 11.2. The molecule has 0 amide bonds. The van der Waals surface area contributed by atoms with Crippen LogP contribution < -0.4 is 4.74 Å². The van der Waals surface area contributed by atoms with Crippen molar-refractivity contribution in [3.05, 3.63) is 121 Å². The summed E-state index contributed by atoms with van der Waals surface area (Å²) in [5.41, 5.74) is 6.50. The van der Waals surface area contributed by atoms with Gasteiger partial charge < -0.3 is 0 Å². The number of nitrogens with zero attached hydrogens (tertiary/aromatic N) is 4. The normalized spacial score (nSPS) is 11.8. The maximum atomic E-state index is 6.57. The number of ether oxygens (including phenoxy) is 1. The molecule has 0 aliphatic heterocycles. The summed E-state index contributed by atoms with van der Waals surface area (Å²) in [5, 5.41) is 4.86. The van der Waals surface area contributed by atoms with E-state index >= 15 is 0 Å². The van der Waals surface area contributed by atoms with Crippen molar-refractivity contribution in [2.75, 3.05) is 0 Å². The maximum absolute atomic E-state index is 6.57. The van der Waals surface area contributed by atoms with Crippen LogP contribution in [0.4, 0.5) is 0 Å². The molecular weight excluding hydrogens is 595 g/mol. The van der Waals surface area contributed by atoms with Crippen molar-refractivity contribution in [2.24, 2.45) is 0 Å². The molecule has 3 aromatic carbocycles. The first-order valence-electron chi connectivity index (χ1n) is 14.5. The zero-order chi connectivity index (χ0) is 29.1. The molecule has 5 aromatic heterocycles. The van der Waals surface area contributed by atoms with Crippen molar-refractivity contribution in [1.29, 1.82) is 0 Å². The Kier molecular flexibility index (Phi) is 6.14. The van der Waals surface area contributed by atoms with Gasteiger partial charge in [-0.3, -0.25) is 0 Å². The molecule has 0 spiro atoms. The quantitative estimate of drug-likeness (QED) is 0.179. The molecule has 0 radical (unpaired) electrons. The number of benzene rings is 3. The van der Waals surface area contributed by atoms with Crippen LogP contribution in [0.5, 0.6) is 11.6 Å². The van der Waals surface area contributed by atoms with Gasteiger partial charge in [-0.2, -0.15) is 0 Å². The molecule has 5 heterocycles. The van der Waals surface area contributed by atoms with Gasteiger partial charge in [0.25, 0.3) is 0 Å². The van der Waals surface area contributed by atoms with Crippen LogP contribution in [-0.2, 0) is 0 Å². The third-order valence-corrected chi connectivity index (χ3v) is 10.4. The van der Waals surface area contributed by atoms with Crippen LogP contribution in [0, 0.1) is 6.92 Å². The molecule has 0 fully saturated rings. The Labute approximate surface area is 255 Å². The topological polar surface area (TPSA) is 52.8 Å². The molecule has 0 aliphatic rings. The number of hydrogen-bond acceptors (Lipinski definition) is 4. The first kappa shape index (κ1) is 25.9. The van der Waals surface area contributed by atoms with Crippen LogP contribution in [0.1, 0.15) is 31.0 Å². The molecule has 0 atom stereocenters. The summed E-state index contributed by atoms with van der Waals surface area (Å²) in [6.07, 6.45) is 1.83. The van der Waals surface area contributed by atoms with Gasteiger partial charge in [0.2, 0.25) is 0 Å². The van der Waals surface area contributed by atoms with Gasteiger partial charge in [-0.15, -0.1) is 0 Å². The molecule has 43 heavy (non-hydrogen) atoms. The van der Waals surface area contributed by atoms with Gasteiger partial charge in [-0.05, 0) is 6.07 Å². The number of aromatic nitrogens is 4. The first-order chi connectivity index (χ1) is 21.0. The molecule has 0 unspecified atom stereocenters. The van der Waals surface area contributed by atoms with E-state index in [1.807, 2.05) is 30.5 Å². The average molecular weight is 624 g/mol. The number of rotatable bonds is 5. The van der Waals surface area contributed by atoms with Crippen molar-refractivity contribution in [3.8, 4) is 28.7 Å². The third-order valence-electron chi connectivity index (χ3n) is 8.02. The molecular formula is C37H28N4OSe. The van der Waals surface area contributed by atoms with E-state index in [1.54, 1.807) is 0 Å². The molecule has 8 aromatic rings. The molecule has 0 saturated carbocycles. The molecule has 8 rings (SSSR count). The van der Waals surface area contributed by atoms with Gasteiger partial charge in [0.15, 0.2) is 0 Å². The van der Waals surface area contributed by atoms with E-state index in [9.17, 15) is 0 Å². The third kappa shape index (κ3) is 4.42. The van der Waals surface area contributed by atoms with Crippen LogP contribution in [0.25, 0.3) is 58.3 Å². The zero-order valence-electron chi connectivity index (χ0n) is 24.1. The number of aryl methyl sites for hydroxylation is 1. The van der Waals surface area contributed by atoms with Crippen LogP contribution in [0.15, 0.2) is 109 Å². The minimum absolute atomic E-state index is 0.119. The summed E-state index contributed by atoms with van der Waals surface area (Å²) < 4.78 is 11.3. The fourth-order valence-corrected chi connectivity index (χ4v) is 8.49. The van der Waals surface area contributed by atoms with Crippen LogP contribution in [0.2, 0.25) is 0 Å². The van der Waals surface area contributed by atoms with Crippen molar-refractivity contribution in [3.63, 3.8) is 0 Å². The summed E-state index contributed by atoms with van der Waals surface area (Å²) in [6, 6.07) is 35.8. The van der Waals surface area contributed by atoms with Gasteiger partial charge >= 0.3 is 226 Å². The molecule has 0 aliphatic carbocycles. The Balaban J connectivity index is 1.27. The predicted octanol–water partition coefficient (Wildman–Crippen LogP) is 9.22. The van der Waals surface area contributed by atoms with Gasteiger partial charge in [-0.1, -0.05) is 18.2 Å². The summed E-state index contributed by atoms with van der Waals surface area (Å²) in [5.74, 6) is 2.53. The van der Waals surface area contributed by atoms with E-state index in [0.29, 0.717) is 11.8 Å². The van der Waals surface area contributed by atoms with E-state index < -0.39 is 0 Å². The Morgan fingerprint density at radius 1 is 0.721 bits per heavy atom. The van der Waals surface area contributed by atoms with Gasteiger partial charge in [0, 0.05) is 6.20 Å². The van der Waals surface area contributed by atoms with Crippen molar-refractivity contribution < 1.29 is 4.74 Å². The fourth-order valence-electron chi connectivity index (χ4n) is 5.89. The van der Waals surface area contributed by atoms with Gasteiger partial charge in [-0.25, -0.2) is 0 Å². The van der Waals surface area contributed by atoms with E-state index in [0.717, 1.165) is 44.9 Å². The first-order valence-corrected chi connectivity index (χ1v) is 16.2. The van der Waals surface area contributed by atoms with E-state index in [4.69, 9.17) is 14.7 Å². The monoisotopic (exact) mass is 624 g/mol. The summed E-state index contributed by atoms with van der Waals surface area (Å²) in [4.78, 5) is 14.6. The second-order valence-corrected chi connectivity index (χ2v) is 13.3. The van der Waals surface area contributed by atoms with Crippen molar-refractivity contribution in [1.82, 2.24) is 19.5 Å². The standard InChI is InChI=1S/C37H28N4OSe/c1-22(2)24-19-31(30-11-8-10-28-29-16-14-23(3)39-37(29)43-36(28)30)40-35(20-24)42-25-15-17-27-26-9-4-5-12-32(26)41(33(27)21-25)34-13-6-7-18-38-34/h4-22H,1-3H3. The van der Waals surface area contributed by atoms with Gasteiger partial charge in [0.1, 0.15) is 0 Å². The minimum atomic E-state index is 0.119. The van der Waals surface area contributed by atoms with Crippen LogP contribution >= 0.6 is 0 Å². The summed E-state index contributed by atoms with van der Waals surface area (Å²) >= 11 is 0.119. The number of para-hydroxylation sites is 1. The molecule has 5 nitrogen and oxygen atoms in total. The molecule has 0 bridgehead atoms. The van der Waals surface area contributed by atoms with Crippen LogP contribution in [0.3, 0.4) is 0 Å². The number of pyridine rings is 3. The average Bonchev–Trinajstić information content (AvgIpc) is 3.56. The van der Waals surface area contributed by atoms with E-state index in [1.165, 1.54) is 30.4 Å². The Morgan fingerprint density at radius 3 is 2.40 bits per heavy atom. The number of fused-ring (bicyclic) bond motifs is 6. The summed E-state index contributed by atoms with van der Waals surface area (Å²) in [6.45, 7) is 6.48. The van der Waals surface area contributed by atoms with E-state index in [2.05, 4.69) is 109 Å². The Hall–Kier alpha value is -4.77. The predicted molar refractivity (Wildman–Crippen MR) is 177 cm³/mol. The zero-order valence-corrected chi connectivity index (χ0v) is 25.8. The molecule has 0 N–H and O–H groups in total. The SMILES string of the molecule is Cc1ccc2c(n1)[se]c1c(-c3cc(C(C)C)cc(Oc4ccc5c6ccccc6n(-c6ccccn6)c5c4)n3)cccc12. The van der Waals surface area contributed by atoms with Crippen molar-refractivity contribution in [2.45, 2.75) is 26.7 Å². The molecule has 0 saturated heterocycles. The Bertz CT molecular complexity index is 2320. The Morgan fingerprint density at radius 2 is 1.53 bits per heavy atom. The molecule has 6 heteroatoms. The number of hydrogen-bond donors (Lipinski definition) is 0. The molecule has 208 valence electrons. The summed E-state index contributed by atoms with van der Waals surface area (Å²) in [7, 11) is 0. The fraction of sp³-hybridized carbons (Fsp3) is 0.108. The van der Waals surface area contributed by atoms with Crippen LogP contribution in [-0.4, -0.2) is 34.0 Å².